The highest BCUT2D eigenvalue weighted by molar-refractivity contribution is 6.33. The Hall–Kier alpha value is -4.05. The van der Waals surface area contributed by atoms with E-state index in [1.807, 2.05) is 31.2 Å². The molecule has 1 aromatic heterocycles. The molecule has 0 bridgehead atoms. The number of hydrogen-bond acceptors (Lipinski definition) is 4. The van der Waals surface area contributed by atoms with Crippen molar-refractivity contribution in [3.05, 3.63) is 118 Å². The second-order valence-electron chi connectivity index (χ2n) is 7.28. The minimum absolute atomic E-state index is 0.0446. The fourth-order valence-corrected chi connectivity index (χ4v) is 3.80. The molecule has 0 amide bonds. The van der Waals surface area contributed by atoms with Gasteiger partial charge in [-0.05, 0) is 6.92 Å². The van der Waals surface area contributed by atoms with Crippen molar-refractivity contribution in [3.63, 3.8) is 0 Å². The Balaban J connectivity index is 1.79. The van der Waals surface area contributed by atoms with Gasteiger partial charge in [-0.2, -0.15) is 0 Å². The van der Waals surface area contributed by atoms with Gasteiger partial charge in [0.1, 0.15) is 5.76 Å². The molecule has 30 heavy (non-hydrogen) atoms. The standard InChI is InChI=1S/C26H16O4/c1-15-11-13-17(14-12-15)25-20-21(24(29)19-10-6-5-9-18(19)23(20)28)26(30-25)22(27)16-7-3-2-4-8-16/h2-14H,1H3. The van der Waals surface area contributed by atoms with Crippen molar-refractivity contribution in [2.24, 2.45) is 0 Å². The van der Waals surface area contributed by atoms with Crippen LogP contribution in [0.5, 0.6) is 0 Å². The SMILES string of the molecule is Cc1ccc(-c2oc(C(=O)c3ccccc3)c3c2C(=O)c2ccccc2C3=O)cc1. The Morgan fingerprint density at radius 2 is 1.27 bits per heavy atom. The van der Waals surface area contributed by atoms with Crippen LogP contribution in [-0.2, 0) is 0 Å². The third-order valence-electron chi connectivity index (χ3n) is 5.33. The summed E-state index contributed by atoms with van der Waals surface area (Å²) in [7, 11) is 0. The van der Waals surface area contributed by atoms with Crippen molar-refractivity contribution < 1.29 is 18.8 Å². The van der Waals surface area contributed by atoms with E-state index in [2.05, 4.69) is 0 Å². The van der Waals surface area contributed by atoms with Gasteiger partial charge in [-0.25, -0.2) is 0 Å². The van der Waals surface area contributed by atoms with Crippen molar-refractivity contribution in [2.45, 2.75) is 6.92 Å². The van der Waals surface area contributed by atoms with Crippen molar-refractivity contribution >= 4 is 17.3 Å². The van der Waals surface area contributed by atoms with E-state index in [0.717, 1.165) is 5.56 Å². The van der Waals surface area contributed by atoms with Gasteiger partial charge in [-0.1, -0.05) is 84.4 Å². The van der Waals surface area contributed by atoms with Gasteiger partial charge in [0.25, 0.3) is 0 Å². The van der Waals surface area contributed by atoms with E-state index in [9.17, 15) is 14.4 Å². The maximum absolute atomic E-state index is 13.4. The molecule has 4 heteroatoms. The van der Waals surface area contributed by atoms with Crippen LogP contribution in [0.2, 0.25) is 0 Å². The molecule has 1 aliphatic carbocycles. The summed E-state index contributed by atoms with van der Waals surface area (Å²) >= 11 is 0. The molecule has 0 spiro atoms. The lowest BCUT2D eigenvalue weighted by Gasteiger charge is -2.15. The molecular formula is C26H16O4. The Kier molecular flexibility index (Phi) is 4.07. The Bertz CT molecular complexity index is 1330. The number of rotatable bonds is 3. The summed E-state index contributed by atoms with van der Waals surface area (Å²) in [6.45, 7) is 1.96. The highest BCUT2D eigenvalue weighted by Gasteiger charge is 2.39. The van der Waals surface area contributed by atoms with Gasteiger partial charge in [0.05, 0.1) is 11.1 Å². The number of carbonyl (C=O) groups is 3. The van der Waals surface area contributed by atoms with Gasteiger partial charge in [0.15, 0.2) is 17.3 Å². The topological polar surface area (TPSA) is 64.3 Å². The zero-order valence-corrected chi connectivity index (χ0v) is 16.1. The smallest absolute Gasteiger partial charge is 0.229 e. The molecule has 4 aromatic rings. The first kappa shape index (κ1) is 18.0. The normalized spacial score (nSPS) is 12.4. The molecule has 144 valence electrons. The second-order valence-corrected chi connectivity index (χ2v) is 7.28. The monoisotopic (exact) mass is 392 g/mol. The van der Waals surface area contributed by atoms with Crippen LogP contribution in [0.3, 0.4) is 0 Å². The van der Waals surface area contributed by atoms with Gasteiger partial charge in [0, 0.05) is 22.3 Å². The van der Waals surface area contributed by atoms with E-state index in [1.165, 1.54) is 0 Å². The molecule has 0 saturated heterocycles. The quantitative estimate of drug-likeness (QED) is 0.393. The van der Waals surface area contributed by atoms with Crippen LogP contribution < -0.4 is 0 Å². The lowest BCUT2D eigenvalue weighted by molar-refractivity contribution is 0.0968. The molecule has 3 aromatic carbocycles. The fourth-order valence-electron chi connectivity index (χ4n) is 3.80. The Labute approximate surface area is 172 Å². The molecule has 0 radical (unpaired) electrons. The molecule has 0 saturated carbocycles. The third kappa shape index (κ3) is 2.65. The second kappa shape index (κ2) is 6.78. The van der Waals surface area contributed by atoms with E-state index in [0.29, 0.717) is 16.7 Å². The predicted molar refractivity (Wildman–Crippen MR) is 112 cm³/mol. The van der Waals surface area contributed by atoms with Crippen LogP contribution >= 0.6 is 0 Å². The Morgan fingerprint density at radius 3 is 1.90 bits per heavy atom. The van der Waals surface area contributed by atoms with Crippen molar-refractivity contribution in [1.29, 1.82) is 0 Å². The molecule has 1 aliphatic rings. The van der Waals surface area contributed by atoms with E-state index >= 15 is 0 Å². The zero-order valence-electron chi connectivity index (χ0n) is 16.1. The highest BCUT2D eigenvalue weighted by atomic mass is 16.4. The minimum atomic E-state index is -0.425. The highest BCUT2D eigenvalue weighted by Crippen LogP contribution is 2.39. The van der Waals surface area contributed by atoms with Gasteiger partial charge in [-0.15, -0.1) is 0 Å². The number of furan rings is 1. The first-order valence-electron chi connectivity index (χ1n) is 9.58. The largest absolute Gasteiger partial charge is 0.451 e. The number of aryl methyl sites for hydroxylation is 1. The van der Waals surface area contributed by atoms with Crippen LogP contribution in [0.4, 0.5) is 0 Å². The van der Waals surface area contributed by atoms with Crippen LogP contribution in [-0.4, -0.2) is 17.3 Å². The van der Waals surface area contributed by atoms with Gasteiger partial charge >= 0.3 is 0 Å². The van der Waals surface area contributed by atoms with Gasteiger partial charge in [0.2, 0.25) is 5.78 Å². The van der Waals surface area contributed by atoms with Crippen LogP contribution in [0.25, 0.3) is 11.3 Å². The lowest BCUT2D eigenvalue weighted by atomic mass is 9.82. The van der Waals surface area contributed by atoms with Crippen LogP contribution in [0.1, 0.15) is 53.5 Å². The molecule has 0 fully saturated rings. The van der Waals surface area contributed by atoms with Crippen LogP contribution in [0, 0.1) is 6.92 Å². The maximum atomic E-state index is 13.4. The number of carbonyl (C=O) groups excluding carboxylic acids is 3. The minimum Gasteiger partial charge on any atom is -0.451 e. The van der Waals surface area contributed by atoms with E-state index in [4.69, 9.17) is 4.42 Å². The summed E-state index contributed by atoms with van der Waals surface area (Å²) in [6, 6.07) is 22.7. The fraction of sp³-hybridized carbons (Fsp3) is 0.0385. The average molecular weight is 392 g/mol. The molecule has 1 heterocycles. The third-order valence-corrected chi connectivity index (χ3v) is 5.33. The molecule has 0 N–H and O–H groups in total. The average Bonchev–Trinajstić information content (AvgIpc) is 3.19. The molecule has 0 aliphatic heterocycles. The van der Waals surface area contributed by atoms with Gasteiger partial charge in [-0.3, -0.25) is 14.4 Å². The van der Waals surface area contributed by atoms with Gasteiger partial charge < -0.3 is 4.42 Å². The van der Waals surface area contributed by atoms with Crippen molar-refractivity contribution in [3.8, 4) is 11.3 Å². The summed E-state index contributed by atoms with van der Waals surface area (Å²) in [5.74, 6) is -0.962. The number of benzene rings is 3. The zero-order chi connectivity index (χ0) is 20.8. The summed E-state index contributed by atoms with van der Waals surface area (Å²) in [4.78, 5) is 39.9. The number of hydrogen-bond donors (Lipinski definition) is 0. The molecule has 5 rings (SSSR count). The summed E-state index contributed by atoms with van der Waals surface area (Å²) in [6.07, 6.45) is 0. The number of ketones is 3. The Morgan fingerprint density at radius 1 is 0.700 bits per heavy atom. The van der Waals surface area contributed by atoms with E-state index in [1.54, 1.807) is 54.6 Å². The molecule has 0 atom stereocenters. The maximum Gasteiger partial charge on any atom is 0.229 e. The van der Waals surface area contributed by atoms with Crippen molar-refractivity contribution in [1.82, 2.24) is 0 Å². The summed E-state index contributed by atoms with van der Waals surface area (Å²) < 4.78 is 5.99. The summed E-state index contributed by atoms with van der Waals surface area (Å²) in [5.41, 5.74) is 2.89. The first-order chi connectivity index (χ1) is 14.6. The molecule has 0 unspecified atom stereocenters. The van der Waals surface area contributed by atoms with E-state index in [-0.39, 0.29) is 39.8 Å². The molecule has 4 nitrogen and oxygen atoms in total. The first-order valence-corrected chi connectivity index (χ1v) is 9.58. The predicted octanol–water partition coefficient (Wildman–Crippen LogP) is 5.26. The van der Waals surface area contributed by atoms with E-state index < -0.39 is 5.78 Å². The van der Waals surface area contributed by atoms with Crippen LogP contribution in [0.15, 0.2) is 83.3 Å². The van der Waals surface area contributed by atoms with Crippen molar-refractivity contribution in [2.75, 3.05) is 0 Å². The number of fused-ring (bicyclic) bond motifs is 2. The molecular weight excluding hydrogens is 376 g/mol. The summed E-state index contributed by atoms with van der Waals surface area (Å²) in [5, 5.41) is 0. The lowest BCUT2D eigenvalue weighted by Crippen LogP contribution is -2.21.